The van der Waals surface area contributed by atoms with E-state index in [9.17, 15) is 10.2 Å². The van der Waals surface area contributed by atoms with Gasteiger partial charge >= 0.3 is 0 Å². The van der Waals surface area contributed by atoms with E-state index >= 15 is 0 Å². The van der Waals surface area contributed by atoms with Gasteiger partial charge in [-0.15, -0.1) is 0 Å². The summed E-state index contributed by atoms with van der Waals surface area (Å²) in [5.41, 5.74) is 2.58. The standard InChI is InChI=1S/C20H28N2O3/c1-15(20(25)17-8-6-16(14-23)7-9-17)19(24)13-22(2)12-10-18-5-3-4-11-21-18/h3-9,11,15,19-20,23-25H,10,12-14H2,1-2H3/t15-,19+,20+/m0/s1. The molecule has 0 radical (unpaired) electrons. The third-order valence-electron chi connectivity index (χ3n) is 4.58. The number of pyridine rings is 1. The maximum absolute atomic E-state index is 10.5. The van der Waals surface area contributed by atoms with Crippen LogP contribution in [0.25, 0.3) is 0 Å². The molecule has 5 heteroatoms. The Kier molecular flexibility index (Phi) is 7.52. The van der Waals surface area contributed by atoms with Crippen molar-refractivity contribution >= 4 is 0 Å². The minimum atomic E-state index is -0.744. The van der Waals surface area contributed by atoms with Gasteiger partial charge in [0.1, 0.15) is 0 Å². The summed E-state index contributed by atoms with van der Waals surface area (Å²) >= 11 is 0. The SMILES string of the molecule is C[C@@H]([C@H](O)CN(C)CCc1ccccn1)[C@@H](O)c1ccc(CO)cc1. The molecule has 0 fully saturated rings. The monoisotopic (exact) mass is 344 g/mol. The normalized spacial score (nSPS) is 15.1. The van der Waals surface area contributed by atoms with E-state index in [-0.39, 0.29) is 12.5 Å². The smallest absolute Gasteiger partial charge is 0.0840 e. The minimum absolute atomic E-state index is 0.0182. The zero-order valence-electron chi connectivity index (χ0n) is 14.9. The van der Waals surface area contributed by atoms with Crippen LogP contribution in [0.1, 0.15) is 29.8 Å². The summed E-state index contributed by atoms with van der Waals surface area (Å²) in [6, 6.07) is 13.0. The highest BCUT2D eigenvalue weighted by Gasteiger charge is 2.24. The minimum Gasteiger partial charge on any atom is -0.392 e. The van der Waals surface area contributed by atoms with Gasteiger partial charge in [-0.25, -0.2) is 0 Å². The zero-order valence-corrected chi connectivity index (χ0v) is 14.9. The first-order chi connectivity index (χ1) is 12.0. The highest BCUT2D eigenvalue weighted by Crippen LogP contribution is 2.25. The molecule has 1 heterocycles. The van der Waals surface area contributed by atoms with Gasteiger partial charge in [-0.1, -0.05) is 37.3 Å². The molecule has 1 aromatic heterocycles. The lowest BCUT2D eigenvalue weighted by molar-refractivity contribution is 0.00568. The number of hydrogen-bond acceptors (Lipinski definition) is 5. The number of hydrogen-bond donors (Lipinski definition) is 3. The molecule has 25 heavy (non-hydrogen) atoms. The van der Waals surface area contributed by atoms with Gasteiger partial charge in [-0.05, 0) is 30.3 Å². The van der Waals surface area contributed by atoms with Crippen LogP contribution in [-0.4, -0.2) is 51.4 Å². The Morgan fingerprint density at radius 1 is 1.08 bits per heavy atom. The topological polar surface area (TPSA) is 76.8 Å². The number of rotatable bonds is 9. The first-order valence-electron chi connectivity index (χ1n) is 8.65. The molecular weight excluding hydrogens is 316 g/mol. The van der Waals surface area contributed by atoms with Crippen LogP contribution in [-0.2, 0) is 13.0 Å². The Balaban J connectivity index is 1.84. The summed E-state index contributed by atoms with van der Waals surface area (Å²) < 4.78 is 0. The Hall–Kier alpha value is -1.79. The molecule has 3 atom stereocenters. The lowest BCUT2D eigenvalue weighted by atomic mass is 9.92. The van der Waals surface area contributed by atoms with Gasteiger partial charge in [0.15, 0.2) is 0 Å². The van der Waals surface area contributed by atoms with Crippen molar-refractivity contribution in [2.75, 3.05) is 20.1 Å². The van der Waals surface area contributed by atoms with Crippen LogP contribution >= 0.6 is 0 Å². The second-order valence-corrected chi connectivity index (χ2v) is 6.60. The van der Waals surface area contributed by atoms with Crippen LogP contribution in [0.15, 0.2) is 48.7 Å². The average Bonchev–Trinajstić information content (AvgIpc) is 2.66. The van der Waals surface area contributed by atoms with Crippen molar-refractivity contribution in [1.82, 2.24) is 9.88 Å². The van der Waals surface area contributed by atoms with Crippen molar-refractivity contribution in [1.29, 1.82) is 0 Å². The number of benzene rings is 1. The van der Waals surface area contributed by atoms with Gasteiger partial charge in [0.2, 0.25) is 0 Å². The largest absolute Gasteiger partial charge is 0.392 e. The fourth-order valence-corrected chi connectivity index (χ4v) is 2.76. The maximum atomic E-state index is 10.5. The molecule has 5 nitrogen and oxygen atoms in total. The lowest BCUT2D eigenvalue weighted by Crippen LogP contribution is -2.36. The summed E-state index contributed by atoms with van der Waals surface area (Å²) in [4.78, 5) is 6.35. The molecule has 3 N–H and O–H groups in total. The highest BCUT2D eigenvalue weighted by atomic mass is 16.3. The van der Waals surface area contributed by atoms with Gasteiger partial charge < -0.3 is 20.2 Å². The molecular formula is C20H28N2O3. The van der Waals surface area contributed by atoms with Crippen LogP contribution < -0.4 is 0 Å². The first-order valence-corrected chi connectivity index (χ1v) is 8.65. The van der Waals surface area contributed by atoms with Gasteiger partial charge in [-0.2, -0.15) is 0 Å². The summed E-state index contributed by atoms with van der Waals surface area (Å²) in [7, 11) is 1.96. The van der Waals surface area contributed by atoms with Crippen LogP contribution in [0, 0.1) is 5.92 Å². The summed E-state index contributed by atoms with van der Waals surface area (Å²) in [5.74, 6) is -0.294. The maximum Gasteiger partial charge on any atom is 0.0840 e. The van der Waals surface area contributed by atoms with E-state index in [1.54, 1.807) is 30.5 Å². The molecule has 2 rings (SSSR count). The van der Waals surface area contributed by atoms with Gasteiger partial charge in [-0.3, -0.25) is 4.98 Å². The zero-order chi connectivity index (χ0) is 18.2. The van der Waals surface area contributed by atoms with E-state index in [1.165, 1.54) is 0 Å². The van der Waals surface area contributed by atoms with Crippen molar-refractivity contribution in [2.45, 2.75) is 32.2 Å². The van der Waals surface area contributed by atoms with Crippen molar-refractivity contribution in [2.24, 2.45) is 5.92 Å². The molecule has 0 aliphatic carbocycles. The molecule has 2 aromatic rings. The third kappa shape index (κ3) is 5.90. The van der Waals surface area contributed by atoms with E-state index in [2.05, 4.69) is 9.88 Å². The number of likely N-dealkylation sites (N-methyl/N-ethyl adjacent to an activating group) is 1. The fourth-order valence-electron chi connectivity index (χ4n) is 2.76. The molecule has 0 unspecified atom stereocenters. The van der Waals surface area contributed by atoms with Crippen LogP contribution in [0.3, 0.4) is 0 Å². The number of aromatic nitrogens is 1. The van der Waals surface area contributed by atoms with E-state index in [1.807, 2.05) is 32.2 Å². The predicted molar refractivity (Wildman–Crippen MR) is 97.9 cm³/mol. The van der Waals surface area contributed by atoms with E-state index < -0.39 is 12.2 Å². The van der Waals surface area contributed by atoms with Crippen molar-refractivity contribution < 1.29 is 15.3 Å². The summed E-state index contributed by atoms with van der Waals surface area (Å²) in [6.45, 7) is 3.11. The Labute approximate surface area is 149 Å². The van der Waals surface area contributed by atoms with Crippen LogP contribution in [0.5, 0.6) is 0 Å². The molecule has 0 saturated heterocycles. The summed E-state index contributed by atoms with van der Waals surface area (Å²) in [6.07, 6.45) is 1.22. The highest BCUT2D eigenvalue weighted by molar-refractivity contribution is 5.24. The number of aliphatic hydroxyl groups excluding tert-OH is 3. The van der Waals surface area contributed by atoms with Gasteiger partial charge in [0.25, 0.3) is 0 Å². The first kappa shape index (κ1) is 19.5. The molecule has 136 valence electrons. The molecule has 1 aromatic carbocycles. The van der Waals surface area contributed by atoms with Gasteiger partial charge in [0, 0.05) is 37.3 Å². The van der Waals surface area contributed by atoms with Crippen molar-refractivity contribution in [3.63, 3.8) is 0 Å². The molecule has 0 saturated carbocycles. The number of nitrogens with zero attached hydrogens (tertiary/aromatic N) is 2. The van der Waals surface area contributed by atoms with Crippen molar-refractivity contribution in [3.8, 4) is 0 Å². The molecule has 0 amide bonds. The Bertz CT molecular complexity index is 619. The van der Waals surface area contributed by atoms with E-state index in [0.29, 0.717) is 6.54 Å². The van der Waals surface area contributed by atoms with E-state index in [4.69, 9.17) is 5.11 Å². The fraction of sp³-hybridized carbons (Fsp3) is 0.450. The lowest BCUT2D eigenvalue weighted by Gasteiger charge is -2.28. The van der Waals surface area contributed by atoms with Crippen LogP contribution in [0.4, 0.5) is 0 Å². The molecule has 0 spiro atoms. The second-order valence-electron chi connectivity index (χ2n) is 6.60. The van der Waals surface area contributed by atoms with Crippen LogP contribution in [0.2, 0.25) is 0 Å². The van der Waals surface area contributed by atoms with Crippen molar-refractivity contribution in [3.05, 3.63) is 65.5 Å². The average molecular weight is 344 g/mol. The Morgan fingerprint density at radius 3 is 2.40 bits per heavy atom. The summed E-state index contributed by atoms with van der Waals surface area (Å²) in [5, 5.41) is 30.0. The number of aliphatic hydroxyl groups is 3. The molecule has 0 bridgehead atoms. The third-order valence-corrected chi connectivity index (χ3v) is 4.58. The quantitative estimate of drug-likeness (QED) is 0.646. The second kappa shape index (κ2) is 9.63. The Morgan fingerprint density at radius 2 is 1.80 bits per heavy atom. The van der Waals surface area contributed by atoms with E-state index in [0.717, 1.165) is 29.8 Å². The predicted octanol–water partition coefficient (Wildman–Crippen LogP) is 1.78. The molecule has 0 aliphatic rings. The van der Waals surface area contributed by atoms with Gasteiger partial charge in [0.05, 0.1) is 18.8 Å². The molecule has 0 aliphatic heterocycles.